The summed E-state index contributed by atoms with van der Waals surface area (Å²) in [6.07, 6.45) is 1.74. The number of aromatic hydroxyl groups is 1. The second kappa shape index (κ2) is 10.6. The molecule has 0 fully saturated rings. The molecule has 0 aliphatic rings. The summed E-state index contributed by atoms with van der Waals surface area (Å²) in [5, 5.41) is 9.89. The van der Waals surface area contributed by atoms with Crippen molar-refractivity contribution in [2.45, 2.75) is 32.5 Å². The van der Waals surface area contributed by atoms with Crippen molar-refractivity contribution in [1.82, 2.24) is 0 Å². The van der Waals surface area contributed by atoms with Crippen LogP contribution in [-0.2, 0) is 11.2 Å². The molecule has 2 aromatic carbocycles. The van der Waals surface area contributed by atoms with E-state index in [0.29, 0.717) is 36.0 Å². The van der Waals surface area contributed by atoms with Crippen molar-refractivity contribution >= 4 is 0 Å². The van der Waals surface area contributed by atoms with Gasteiger partial charge < -0.3 is 28.8 Å². The monoisotopic (exact) mass is 402 g/mol. The van der Waals surface area contributed by atoms with E-state index in [0.717, 1.165) is 11.1 Å². The number of hydrogen-bond acceptors (Lipinski definition) is 6. The van der Waals surface area contributed by atoms with Gasteiger partial charge in [-0.2, -0.15) is 0 Å². The summed E-state index contributed by atoms with van der Waals surface area (Å²) in [6.45, 7) is 8.10. The van der Waals surface area contributed by atoms with Crippen LogP contribution in [0.15, 0.2) is 43.0 Å². The van der Waals surface area contributed by atoms with Gasteiger partial charge in [0.1, 0.15) is 12.2 Å². The first kappa shape index (κ1) is 22.4. The van der Waals surface area contributed by atoms with Gasteiger partial charge in [0, 0.05) is 6.61 Å². The number of phenolic OH excluding ortho intramolecular Hbond substituents is 1. The SMILES string of the molecule is C=CCc1cc(OC)c(O[C@H](C)[C@@H](OCC)c2ccc(O)c(OC)c2)c(OC)c1. The van der Waals surface area contributed by atoms with E-state index in [1.54, 1.807) is 32.4 Å². The van der Waals surface area contributed by atoms with Gasteiger partial charge in [-0.1, -0.05) is 12.1 Å². The van der Waals surface area contributed by atoms with Crippen molar-refractivity contribution in [2.75, 3.05) is 27.9 Å². The Hall–Kier alpha value is -2.86. The molecule has 0 heterocycles. The average molecular weight is 402 g/mol. The lowest BCUT2D eigenvalue weighted by molar-refractivity contribution is -0.0163. The second-order valence-electron chi connectivity index (χ2n) is 6.45. The highest BCUT2D eigenvalue weighted by Crippen LogP contribution is 2.41. The Morgan fingerprint density at radius 3 is 2.14 bits per heavy atom. The third-order valence-electron chi connectivity index (χ3n) is 4.51. The van der Waals surface area contributed by atoms with Gasteiger partial charge in [0.25, 0.3) is 0 Å². The summed E-state index contributed by atoms with van der Waals surface area (Å²) in [6, 6.07) is 8.94. The van der Waals surface area contributed by atoms with E-state index in [1.165, 1.54) is 7.11 Å². The third kappa shape index (κ3) is 5.35. The van der Waals surface area contributed by atoms with Crippen LogP contribution in [0.3, 0.4) is 0 Å². The molecule has 6 nitrogen and oxygen atoms in total. The number of rotatable bonds is 11. The molecule has 0 aliphatic carbocycles. The number of hydrogen-bond donors (Lipinski definition) is 1. The van der Waals surface area contributed by atoms with Crippen molar-refractivity contribution in [1.29, 1.82) is 0 Å². The normalized spacial score (nSPS) is 12.7. The van der Waals surface area contributed by atoms with E-state index in [2.05, 4.69) is 6.58 Å². The van der Waals surface area contributed by atoms with Gasteiger partial charge in [0.05, 0.1) is 21.3 Å². The molecule has 6 heteroatoms. The lowest BCUT2D eigenvalue weighted by Crippen LogP contribution is -2.25. The summed E-state index contributed by atoms with van der Waals surface area (Å²) in [5.74, 6) is 2.11. The molecule has 158 valence electrons. The molecule has 2 aromatic rings. The predicted octanol–water partition coefficient (Wildman–Crippen LogP) is 4.69. The van der Waals surface area contributed by atoms with Crippen LogP contribution in [0.2, 0.25) is 0 Å². The molecule has 0 radical (unpaired) electrons. The van der Waals surface area contributed by atoms with Gasteiger partial charge in [0.2, 0.25) is 5.75 Å². The highest BCUT2D eigenvalue weighted by atomic mass is 16.6. The van der Waals surface area contributed by atoms with Crippen molar-refractivity contribution in [3.05, 3.63) is 54.1 Å². The van der Waals surface area contributed by atoms with Crippen LogP contribution in [-0.4, -0.2) is 39.1 Å². The van der Waals surface area contributed by atoms with Crippen LogP contribution < -0.4 is 18.9 Å². The minimum Gasteiger partial charge on any atom is -0.504 e. The van der Waals surface area contributed by atoms with Gasteiger partial charge in [-0.15, -0.1) is 6.58 Å². The molecule has 0 amide bonds. The Balaban J connectivity index is 2.39. The molecular weight excluding hydrogens is 372 g/mol. The molecule has 0 aromatic heterocycles. The van der Waals surface area contributed by atoms with Crippen LogP contribution in [0.5, 0.6) is 28.7 Å². The first-order chi connectivity index (χ1) is 14.0. The Bertz CT molecular complexity index is 792. The van der Waals surface area contributed by atoms with Gasteiger partial charge >= 0.3 is 0 Å². The van der Waals surface area contributed by atoms with E-state index < -0.39 is 6.10 Å². The van der Waals surface area contributed by atoms with Crippen LogP contribution in [0.25, 0.3) is 0 Å². The minimum atomic E-state index is -0.392. The molecule has 2 rings (SSSR count). The van der Waals surface area contributed by atoms with E-state index in [9.17, 15) is 5.11 Å². The third-order valence-corrected chi connectivity index (χ3v) is 4.51. The second-order valence-corrected chi connectivity index (χ2v) is 6.45. The number of methoxy groups -OCH3 is 3. The zero-order valence-electron chi connectivity index (χ0n) is 17.7. The van der Waals surface area contributed by atoms with E-state index in [-0.39, 0.29) is 11.9 Å². The summed E-state index contributed by atoms with van der Waals surface area (Å²) in [4.78, 5) is 0. The predicted molar refractivity (Wildman–Crippen MR) is 113 cm³/mol. The molecule has 1 N–H and O–H groups in total. The lowest BCUT2D eigenvalue weighted by atomic mass is 10.0. The zero-order chi connectivity index (χ0) is 21.4. The fourth-order valence-electron chi connectivity index (χ4n) is 3.14. The number of benzene rings is 2. The molecule has 0 saturated carbocycles. The molecule has 0 bridgehead atoms. The van der Waals surface area contributed by atoms with Crippen LogP contribution in [0, 0.1) is 0 Å². The van der Waals surface area contributed by atoms with Crippen LogP contribution >= 0.6 is 0 Å². The van der Waals surface area contributed by atoms with Gasteiger partial charge in [-0.05, 0) is 55.7 Å². The highest BCUT2D eigenvalue weighted by molar-refractivity contribution is 5.54. The average Bonchev–Trinajstić information content (AvgIpc) is 2.73. The van der Waals surface area contributed by atoms with Crippen molar-refractivity contribution < 1.29 is 28.8 Å². The fourth-order valence-corrected chi connectivity index (χ4v) is 3.14. The maximum absolute atomic E-state index is 9.89. The van der Waals surface area contributed by atoms with Gasteiger partial charge in [-0.3, -0.25) is 0 Å². The van der Waals surface area contributed by atoms with E-state index >= 15 is 0 Å². The summed E-state index contributed by atoms with van der Waals surface area (Å²) < 4.78 is 28.5. The smallest absolute Gasteiger partial charge is 0.203 e. The molecule has 29 heavy (non-hydrogen) atoms. The van der Waals surface area contributed by atoms with Crippen LogP contribution in [0.1, 0.15) is 31.1 Å². The van der Waals surface area contributed by atoms with E-state index in [4.69, 9.17) is 23.7 Å². The molecule has 0 unspecified atom stereocenters. The Kier molecular flexibility index (Phi) is 8.21. The number of ether oxygens (including phenoxy) is 5. The minimum absolute atomic E-state index is 0.0706. The molecule has 2 atom stereocenters. The maximum atomic E-state index is 9.89. The maximum Gasteiger partial charge on any atom is 0.203 e. The van der Waals surface area contributed by atoms with Crippen LogP contribution in [0.4, 0.5) is 0 Å². The Morgan fingerprint density at radius 1 is 1.00 bits per heavy atom. The molecule has 0 saturated heterocycles. The highest BCUT2D eigenvalue weighted by Gasteiger charge is 2.26. The van der Waals surface area contributed by atoms with Gasteiger partial charge in [-0.25, -0.2) is 0 Å². The first-order valence-electron chi connectivity index (χ1n) is 9.49. The molecular formula is C23H30O6. The summed E-state index contributed by atoms with van der Waals surface area (Å²) in [5.41, 5.74) is 1.84. The van der Waals surface area contributed by atoms with Gasteiger partial charge in [0.15, 0.2) is 23.0 Å². The standard InChI is InChI=1S/C23H30O6/c1-7-9-16-12-20(26-5)23(21(13-16)27-6)29-15(3)22(28-8-2)17-10-11-18(24)19(14-17)25-4/h7,10-15,22,24H,1,8-9H2,2-6H3/t15-,22-/m1/s1. The summed E-state index contributed by atoms with van der Waals surface area (Å²) in [7, 11) is 4.69. The quantitative estimate of drug-likeness (QED) is 0.550. The number of allylic oxidation sites excluding steroid dienone is 1. The Morgan fingerprint density at radius 2 is 1.62 bits per heavy atom. The number of phenols is 1. The lowest BCUT2D eigenvalue weighted by Gasteiger charge is -2.27. The van der Waals surface area contributed by atoms with Crippen molar-refractivity contribution in [2.24, 2.45) is 0 Å². The topological polar surface area (TPSA) is 66.4 Å². The fraction of sp³-hybridized carbons (Fsp3) is 0.391. The zero-order valence-corrected chi connectivity index (χ0v) is 17.7. The summed E-state index contributed by atoms with van der Waals surface area (Å²) >= 11 is 0. The van der Waals surface area contributed by atoms with E-state index in [1.807, 2.05) is 32.1 Å². The van der Waals surface area contributed by atoms with Crippen molar-refractivity contribution in [3.63, 3.8) is 0 Å². The molecule has 0 aliphatic heterocycles. The largest absolute Gasteiger partial charge is 0.504 e. The molecule has 0 spiro atoms. The Labute approximate surface area is 172 Å². The first-order valence-corrected chi connectivity index (χ1v) is 9.49. The van der Waals surface area contributed by atoms with Crippen molar-refractivity contribution in [3.8, 4) is 28.7 Å².